The number of benzene rings is 1. The molecule has 3 heterocycles. The van der Waals surface area contributed by atoms with Crippen LogP contribution in [-0.2, 0) is 5.60 Å². The summed E-state index contributed by atoms with van der Waals surface area (Å²) in [5.74, 6) is 0.981. The van der Waals surface area contributed by atoms with Crippen LogP contribution in [0.3, 0.4) is 0 Å². The number of likely N-dealkylation sites (tertiary alicyclic amines) is 1. The molecule has 0 radical (unpaired) electrons. The molecular weight excluding hydrogens is 328 g/mol. The van der Waals surface area contributed by atoms with Crippen molar-refractivity contribution in [1.29, 1.82) is 0 Å². The number of nitrogens with zero attached hydrogens (tertiary/aromatic N) is 4. The zero-order valence-corrected chi connectivity index (χ0v) is 15.6. The van der Waals surface area contributed by atoms with Gasteiger partial charge in [0.25, 0.3) is 0 Å². The first kappa shape index (κ1) is 17.5. The molecule has 0 unspecified atom stereocenters. The highest BCUT2D eigenvalue weighted by atomic mass is 16.5. The van der Waals surface area contributed by atoms with Gasteiger partial charge in [0.05, 0.1) is 6.04 Å². The van der Waals surface area contributed by atoms with Crippen LogP contribution in [0.2, 0.25) is 0 Å². The van der Waals surface area contributed by atoms with Crippen LogP contribution in [0, 0.1) is 0 Å². The van der Waals surface area contributed by atoms with E-state index in [2.05, 4.69) is 33.8 Å². The number of rotatable bonds is 4. The third-order valence-corrected chi connectivity index (χ3v) is 5.78. The quantitative estimate of drug-likeness (QED) is 0.909. The maximum Gasteiger partial charge on any atom is 0.324 e. The van der Waals surface area contributed by atoms with Crippen molar-refractivity contribution in [3.63, 3.8) is 0 Å². The van der Waals surface area contributed by atoms with E-state index in [1.54, 1.807) is 0 Å². The van der Waals surface area contributed by atoms with Crippen molar-refractivity contribution < 1.29 is 9.63 Å². The molecule has 0 amide bonds. The minimum absolute atomic E-state index is 0.0237. The van der Waals surface area contributed by atoms with E-state index in [4.69, 9.17) is 4.52 Å². The molecule has 1 N–H and O–H groups in total. The SMILES string of the molecule is CC(C)c1noc(N2CC[C@](O)(c3ccccc3)[C@H](N3CCCC3)C2)n1. The zero-order chi connectivity index (χ0) is 18.1. The third-order valence-electron chi connectivity index (χ3n) is 5.78. The highest BCUT2D eigenvalue weighted by Gasteiger charge is 2.47. The summed E-state index contributed by atoms with van der Waals surface area (Å²) in [5.41, 5.74) is 0.160. The van der Waals surface area contributed by atoms with Crippen LogP contribution >= 0.6 is 0 Å². The lowest BCUT2D eigenvalue weighted by Crippen LogP contribution is -2.60. The van der Waals surface area contributed by atoms with Crippen molar-refractivity contribution in [3.05, 3.63) is 41.7 Å². The van der Waals surface area contributed by atoms with Crippen molar-refractivity contribution in [3.8, 4) is 0 Å². The molecule has 4 rings (SSSR count). The van der Waals surface area contributed by atoms with Gasteiger partial charge in [0, 0.05) is 19.0 Å². The van der Waals surface area contributed by atoms with E-state index >= 15 is 0 Å². The van der Waals surface area contributed by atoms with Crippen molar-refractivity contribution in [2.24, 2.45) is 0 Å². The van der Waals surface area contributed by atoms with Gasteiger partial charge in [-0.2, -0.15) is 4.98 Å². The second-order valence-electron chi connectivity index (χ2n) is 7.84. The molecule has 2 fully saturated rings. The van der Waals surface area contributed by atoms with E-state index in [9.17, 15) is 5.11 Å². The van der Waals surface area contributed by atoms with Gasteiger partial charge in [-0.05, 0) is 37.9 Å². The molecule has 0 aliphatic carbocycles. The highest BCUT2D eigenvalue weighted by Crippen LogP contribution is 2.38. The number of aliphatic hydroxyl groups is 1. The predicted molar refractivity (Wildman–Crippen MR) is 100 cm³/mol. The molecule has 0 saturated carbocycles. The number of anilines is 1. The van der Waals surface area contributed by atoms with Gasteiger partial charge in [-0.15, -0.1) is 0 Å². The normalized spacial score (nSPS) is 27.4. The van der Waals surface area contributed by atoms with Crippen molar-refractivity contribution in [2.45, 2.75) is 50.7 Å². The van der Waals surface area contributed by atoms with E-state index in [1.807, 2.05) is 30.3 Å². The third kappa shape index (κ3) is 3.12. The predicted octanol–water partition coefficient (Wildman–Crippen LogP) is 2.76. The van der Waals surface area contributed by atoms with E-state index in [-0.39, 0.29) is 12.0 Å². The molecule has 26 heavy (non-hydrogen) atoms. The molecule has 2 aliphatic heterocycles. The molecule has 6 heteroatoms. The monoisotopic (exact) mass is 356 g/mol. The van der Waals surface area contributed by atoms with Crippen molar-refractivity contribution >= 4 is 6.01 Å². The fourth-order valence-electron chi connectivity index (χ4n) is 4.22. The Morgan fingerprint density at radius 2 is 1.88 bits per heavy atom. The maximum absolute atomic E-state index is 11.7. The van der Waals surface area contributed by atoms with Gasteiger partial charge < -0.3 is 14.5 Å². The van der Waals surface area contributed by atoms with Gasteiger partial charge in [-0.1, -0.05) is 49.3 Å². The summed E-state index contributed by atoms with van der Waals surface area (Å²) in [7, 11) is 0. The molecule has 140 valence electrons. The number of piperidine rings is 1. The van der Waals surface area contributed by atoms with Gasteiger partial charge >= 0.3 is 6.01 Å². The Bertz CT molecular complexity index is 726. The average Bonchev–Trinajstić information content (AvgIpc) is 3.35. The average molecular weight is 356 g/mol. The van der Waals surface area contributed by atoms with Crippen LogP contribution in [0.15, 0.2) is 34.9 Å². The first-order valence-corrected chi connectivity index (χ1v) is 9.68. The molecular formula is C20H28N4O2. The fraction of sp³-hybridized carbons (Fsp3) is 0.600. The van der Waals surface area contributed by atoms with Crippen molar-refractivity contribution in [1.82, 2.24) is 15.0 Å². The molecule has 1 aromatic heterocycles. The Morgan fingerprint density at radius 3 is 2.54 bits per heavy atom. The zero-order valence-electron chi connectivity index (χ0n) is 15.6. The minimum atomic E-state index is -0.844. The number of hydrogen-bond acceptors (Lipinski definition) is 6. The summed E-state index contributed by atoms with van der Waals surface area (Å²) in [6.45, 7) is 7.60. The summed E-state index contributed by atoms with van der Waals surface area (Å²) in [6, 6.07) is 10.7. The van der Waals surface area contributed by atoms with Gasteiger partial charge in [-0.3, -0.25) is 4.90 Å². The molecule has 0 spiro atoms. The minimum Gasteiger partial charge on any atom is -0.383 e. The lowest BCUT2D eigenvalue weighted by Gasteiger charge is -2.48. The number of aromatic nitrogens is 2. The summed E-state index contributed by atoms with van der Waals surface area (Å²) in [4.78, 5) is 9.13. The van der Waals surface area contributed by atoms with Crippen LogP contribution < -0.4 is 4.90 Å². The molecule has 6 nitrogen and oxygen atoms in total. The first-order valence-electron chi connectivity index (χ1n) is 9.68. The Morgan fingerprint density at radius 1 is 1.15 bits per heavy atom. The molecule has 2 saturated heterocycles. The molecule has 2 aromatic rings. The standard InChI is InChI=1S/C20H28N4O2/c1-15(2)18-21-19(26-22-18)24-13-10-20(25,16-8-4-3-5-9-16)17(14-24)23-11-6-7-12-23/h3-5,8-9,15,17,25H,6-7,10-14H2,1-2H3/t17-,20+/m1/s1. The first-order chi connectivity index (χ1) is 12.6. The van der Waals surface area contributed by atoms with Crippen molar-refractivity contribution in [2.75, 3.05) is 31.1 Å². The van der Waals surface area contributed by atoms with Gasteiger partial charge in [0.15, 0.2) is 5.82 Å². The summed E-state index contributed by atoms with van der Waals surface area (Å²) in [6.07, 6.45) is 3.04. The summed E-state index contributed by atoms with van der Waals surface area (Å²) >= 11 is 0. The van der Waals surface area contributed by atoms with Crippen LogP contribution in [-0.4, -0.2) is 52.4 Å². The van der Waals surface area contributed by atoms with E-state index in [0.29, 0.717) is 25.5 Å². The van der Waals surface area contributed by atoms with E-state index in [1.165, 1.54) is 12.8 Å². The summed E-state index contributed by atoms with van der Waals surface area (Å²) < 4.78 is 5.51. The Kier molecular flexibility index (Phi) is 4.71. The van der Waals surface area contributed by atoms with Crippen LogP contribution in [0.1, 0.15) is 50.4 Å². The van der Waals surface area contributed by atoms with Crippen LogP contribution in [0.5, 0.6) is 0 Å². The molecule has 2 atom stereocenters. The molecule has 0 bridgehead atoms. The highest BCUT2D eigenvalue weighted by molar-refractivity contribution is 5.33. The Labute approximate surface area is 154 Å². The fourth-order valence-corrected chi connectivity index (χ4v) is 4.22. The topological polar surface area (TPSA) is 65.6 Å². The van der Waals surface area contributed by atoms with Gasteiger partial charge in [-0.25, -0.2) is 0 Å². The second-order valence-corrected chi connectivity index (χ2v) is 7.84. The lowest BCUT2D eigenvalue weighted by atomic mass is 9.79. The maximum atomic E-state index is 11.7. The van der Waals surface area contributed by atoms with E-state index in [0.717, 1.165) is 24.5 Å². The van der Waals surface area contributed by atoms with Gasteiger partial charge in [0.2, 0.25) is 0 Å². The van der Waals surface area contributed by atoms with Crippen LogP contribution in [0.25, 0.3) is 0 Å². The summed E-state index contributed by atoms with van der Waals surface area (Å²) in [5, 5.41) is 15.8. The largest absolute Gasteiger partial charge is 0.383 e. The Balaban J connectivity index is 1.62. The number of hydrogen-bond donors (Lipinski definition) is 1. The molecule has 1 aromatic carbocycles. The smallest absolute Gasteiger partial charge is 0.324 e. The van der Waals surface area contributed by atoms with E-state index < -0.39 is 5.60 Å². The second kappa shape index (κ2) is 7.00. The lowest BCUT2D eigenvalue weighted by molar-refractivity contribution is -0.0609. The molecule has 2 aliphatic rings. The van der Waals surface area contributed by atoms with Gasteiger partial charge in [0.1, 0.15) is 5.60 Å². The Hall–Kier alpha value is -1.92. The van der Waals surface area contributed by atoms with Crippen LogP contribution in [0.4, 0.5) is 6.01 Å².